The maximum Gasteiger partial charge on any atom is 0.133 e. The van der Waals surface area contributed by atoms with Crippen LogP contribution < -0.4 is 0 Å². The summed E-state index contributed by atoms with van der Waals surface area (Å²) in [7, 11) is 0. The monoisotopic (exact) mass is 164 g/mol. The van der Waals surface area contributed by atoms with Crippen molar-refractivity contribution < 1.29 is 4.79 Å². The Bertz CT molecular complexity index is 250. The molecule has 0 N–H and O–H groups in total. The van der Waals surface area contributed by atoms with Crippen molar-refractivity contribution in [3.05, 3.63) is 0 Å². The molecule has 1 heteroatoms. The summed E-state index contributed by atoms with van der Waals surface area (Å²) in [4.78, 5) is 11.2. The molecule has 66 valence electrons. The van der Waals surface area contributed by atoms with Crippen molar-refractivity contribution in [2.45, 2.75) is 45.4 Å². The third-order valence-corrected chi connectivity index (χ3v) is 4.98. The fraction of sp³-hybridized carbons (Fsp3) is 0.909. The Kier molecular flexibility index (Phi) is 1.06. The first kappa shape index (κ1) is 7.11. The maximum atomic E-state index is 11.2. The molecular formula is C11H16O. The minimum atomic E-state index is 0.459. The first-order valence-electron chi connectivity index (χ1n) is 5.21. The molecule has 1 nitrogen and oxygen atoms in total. The first-order valence-corrected chi connectivity index (χ1v) is 5.21. The van der Waals surface area contributed by atoms with Gasteiger partial charge in [-0.25, -0.2) is 0 Å². The predicted octanol–water partition coefficient (Wildman–Crippen LogP) is 2.55. The summed E-state index contributed by atoms with van der Waals surface area (Å²) in [5, 5.41) is 0. The van der Waals surface area contributed by atoms with Gasteiger partial charge in [-0.3, -0.25) is 4.79 Å². The van der Waals surface area contributed by atoms with Gasteiger partial charge in [-0.1, -0.05) is 19.8 Å². The van der Waals surface area contributed by atoms with E-state index < -0.39 is 0 Å². The van der Waals surface area contributed by atoms with E-state index >= 15 is 0 Å². The molecule has 0 aromatic carbocycles. The fourth-order valence-electron chi connectivity index (χ4n) is 4.31. The topological polar surface area (TPSA) is 17.1 Å². The third kappa shape index (κ3) is 0.541. The molecule has 2 atom stereocenters. The third-order valence-electron chi connectivity index (χ3n) is 4.98. The van der Waals surface area contributed by atoms with E-state index in [1.54, 1.807) is 0 Å². The molecule has 0 bridgehead atoms. The highest BCUT2D eigenvalue weighted by Crippen LogP contribution is 2.81. The highest BCUT2D eigenvalue weighted by Gasteiger charge is 2.76. The number of ketones is 1. The molecule has 3 aliphatic carbocycles. The summed E-state index contributed by atoms with van der Waals surface area (Å²) in [6, 6.07) is 0. The second-order valence-corrected chi connectivity index (χ2v) is 5.25. The number of hydrogen-bond acceptors (Lipinski definition) is 1. The Morgan fingerprint density at radius 2 is 2.00 bits per heavy atom. The largest absolute Gasteiger partial charge is 0.300 e. The zero-order valence-electron chi connectivity index (χ0n) is 7.73. The summed E-state index contributed by atoms with van der Waals surface area (Å²) < 4.78 is 0. The van der Waals surface area contributed by atoms with Crippen LogP contribution in [0.25, 0.3) is 0 Å². The van der Waals surface area contributed by atoms with Crippen molar-refractivity contribution in [2.75, 3.05) is 0 Å². The molecule has 1 spiro atoms. The molecule has 3 fully saturated rings. The van der Waals surface area contributed by atoms with Gasteiger partial charge in [-0.2, -0.15) is 0 Å². The summed E-state index contributed by atoms with van der Waals surface area (Å²) in [5.41, 5.74) is 1.11. The van der Waals surface area contributed by atoms with Gasteiger partial charge in [0.2, 0.25) is 0 Å². The van der Waals surface area contributed by atoms with Gasteiger partial charge < -0.3 is 0 Å². The zero-order valence-corrected chi connectivity index (χ0v) is 7.73. The Labute approximate surface area is 73.5 Å². The molecule has 2 unspecified atom stereocenters. The van der Waals surface area contributed by atoms with Gasteiger partial charge in [0, 0.05) is 12.8 Å². The Hall–Kier alpha value is -0.330. The molecule has 3 saturated carbocycles. The molecule has 0 amide bonds. The van der Waals surface area contributed by atoms with Crippen LogP contribution in [0.4, 0.5) is 0 Å². The quantitative estimate of drug-likeness (QED) is 0.537. The second kappa shape index (κ2) is 1.78. The standard InChI is InChI=1S/C11H16O/c1-10-7-8(12)6-9(10)11(10)4-2-3-5-11/h9H,2-7H2,1H3. The lowest BCUT2D eigenvalue weighted by molar-refractivity contribution is -0.119. The van der Waals surface area contributed by atoms with Gasteiger partial charge in [-0.15, -0.1) is 0 Å². The number of fused-ring (bicyclic) bond motifs is 3. The van der Waals surface area contributed by atoms with Crippen LogP contribution in [0.3, 0.4) is 0 Å². The number of carbonyl (C=O) groups is 1. The predicted molar refractivity (Wildman–Crippen MR) is 46.7 cm³/mol. The van der Waals surface area contributed by atoms with Crippen molar-refractivity contribution in [3.8, 4) is 0 Å². The van der Waals surface area contributed by atoms with Gasteiger partial charge in [0.1, 0.15) is 5.78 Å². The number of hydrogen-bond donors (Lipinski definition) is 0. The van der Waals surface area contributed by atoms with E-state index in [0.29, 0.717) is 16.6 Å². The van der Waals surface area contributed by atoms with Crippen molar-refractivity contribution in [1.82, 2.24) is 0 Å². The summed E-state index contributed by atoms with van der Waals surface area (Å²) in [6.45, 7) is 2.36. The molecule has 3 rings (SSSR count). The van der Waals surface area contributed by atoms with Gasteiger partial charge in [0.25, 0.3) is 0 Å². The summed E-state index contributed by atoms with van der Waals surface area (Å²) in [6.07, 6.45) is 7.48. The van der Waals surface area contributed by atoms with Crippen LogP contribution in [0.5, 0.6) is 0 Å². The SMILES string of the molecule is CC12CC(=O)CC1C21CCCC1. The molecule has 0 aliphatic heterocycles. The molecule has 0 aromatic rings. The van der Waals surface area contributed by atoms with Crippen LogP contribution in [0.2, 0.25) is 0 Å². The van der Waals surface area contributed by atoms with Crippen molar-refractivity contribution in [2.24, 2.45) is 16.7 Å². The smallest absolute Gasteiger partial charge is 0.133 e. The van der Waals surface area contributed by atoms with E-state index in [1.165, 1.54) is 25.7 Å². The first-order chi connectivity index (χ1) is 5.69. The molecule has 0 saturated heterocycles. The molecule has 3 aliphatic rings. The van der Waals surface area contributed by atoms with Gasteiger partial charge in [-0.05, 0) is 29.6 Å². The zero-order chi connectivity index (χ0) is 8.40. The van der Waals surface area contributed by atoms with Crippen LogP contribution in [0.15, 0.2) is 0 Å². The van der Waals surface area contributed by atoms with E-state index in [1.807, 2.05) is 0 Å². The lowest BCUT2D eigenvalue weighted by Gasteiger charge is -2.16. The van der Waals surface area contributed by atoms with E-state index in [9.17, 15) is 4.79 Å². The summed E-state index contributed by atoms with van der Waals surface area (Å²) >= 11 is 0. The van der Waals surface area contributed by atoms with E-state index in [-0.39, 0.29) is 0 Å². The van der Waals surface area contributed by atoms with Crippen LogP contribution in [0, 0.1) is 16.7 Å². The van der Waals surface area contributed by atoms with Crippen LogP contribution in [-0.4, -0.2) is 5.78 Å². The van der Waals surface area contributed by atoms with Gasteiger partial charge in [0.15, 0.2) is 0 Å². The lowest BCUT2D eigenvalue weighted by atomic mass is 9.87. The molecule has 0 heterocycles. The van der Waals surface area contributed by atoms with Gasteiger partial charge >= 0.3 is 0 Å². The Balaban J connectivity index is 1.92. The van der Waals surface area contributed by atoms with Gasteiger partial charge in [0.05, 0.1) is 0 Å². The average molecular weight is 164 g/mol. The van der Waals surface area contributed by atoms with E-state index in [2.05, 4.69) is 6.92 Å². The molecule has 0 radical (unpaired) electrons. The van der Waals surface area contributed by atoms with Crippen molar-refractivity contribution in [1.29, 1.82) is 0 Å². The molecular weight excluding hydrogens is 148 g/mol. The van der Waals surface area contributed by atoms with Crippen LogP contribution in [-0.2, 0) is 4.79 Å². The Morgan fingerprint density at radius 3 is 2.50 bits per heavy atom. The van der Waals surface area contributed by atoms with Crippen LogP contribution >= 0.6 is 0 Å². The number of carbonyl (C=O) groups excluding carboxylic acids is 1. The lowest BCUT2D eigenvalue weighted by Crippen LogP contribution is -2.12. The molecule has 12 heavy (non-hydrogen) atoms. The van der Waals surface area contributed by atoms with Crippen LogP contribution in [0.1, 0.15) is 45.4 Å². The fourth-order valence-corrected chi connectivity index (χ4v) is 4.31. The minimum Gasteiger partial charge on any atom is -0.300 e. The summed E-state index contributed by atoms with van der Waals surface area (Å²) in [5.74, 6) is 1.32. The highest BCUT2D eigenvalue weighted by molar-refractivity contribution is 5.84. The highest BCUT2D eigenvalue weighted by atomic mass is 16.1. The number of Topliss-reactive ketones (excluding diaryl/α,β-unsaturated/α-hetero) is 1. The average Bonchev–Trinajstić information content (AvgIpc) is 2.47. The van der Waals surface area contributed by atoms with E-state index in [0.717, 1.165) is 18.8 Å². The van der Waals surface area contributed by atoms with Crippen molar-refractivity contribution >= 4 is 5.78 Å². The molecule has 0 aromatic heterocycles. The van der Waals surface area contributed by atoms with Crippen molar-refractivity contribution in [3.63, 3.8) is 0 Å². The second-order valence-electron chi connectivity index (χ2n) is 5.25. The minimum absolute atomic E-state index is 0.459. The maximum absolute atomic E-state index is 11.2. The van der Waals surface area contributed by atoms with E-state index in [4.69, 9.17) is 0 Å². The normalized spacial score (nSPS) is 48.4. The Morgan fingerprint density at radius 1 is 1.33 bits per heavy atom. The number of rotatable bonds is 0.